The number of benzene rings is 2. The van der Waals surface area contributed by atoms with Gasteiger partial charge < -0.3 is 15.4 Å². The maximum Gasteiger partial charge on any atom is 0.387 e. The van der Waals surface area contributed by atoms with Crippen LogP contribution in [0, 0.1) is 5.82 Å². The average Bonchev–Trinajstić information content (AvgIpc) is 2.51. The fourth-order valence-electron chi connectivity index (χ4n) is 1.91. The molecular weight excluding hydrogens is 309 g/mol. The molecule has 2 aromatic carbocycles. The Labute approximate surface area is 131 Å². The Hall–Kier alpha value is -2.70. The smallest absolute Gasteiger partial charge is 0.387 e. The number of urea groups is 1. The Morgan fingerprint density at radius 3 is 2.43 bits per heavy atom. The molecule has 0 bridgehead atoms. The average molecular weight is 324 g/mol. The zero-order valence-corrected chi connectivity index (χ0v) is 12.1. The fraction of sp³-hybridized carbons (Fsp3) is 0.188. The number of hydrogen-bond acceptors (Lipinski definition) is 2. The van der Waals surface area contributed by atoms with Crippen LogP contribution >= 0.6 is 0 Å². The lowest BCUT2D eigenvalue weighted by atomic mass is 10.1. The molecule has 122 valence electrons. The number of alkyl halides is 2. The minimum Gasteiger partial charge on any atom is -0.435 e. The van der Waals surface area contributed by atoms with Crippen molar-refractivity contribution in [3.63, 3.8) is 0 Å². The number of anilines is 1. The molecule has 0 spiro atoms. The predicted molar refractivity (Wildman–Crippen MR) is 80.2 cm³/mol. The number of hydrogen-bond donors (Lipinski definition) is 2. The molecule has 4 nitrogen and oxygen atoms in total. The third kappa shape index (κ3) is 5.54. The zero-order valence-electron chi connectivity index (χ0n) is 12.1. The summed E-state index contributed by atoms with van der Waals surface area (Å²) in [5.41, 5.74) is 0.941. The van der Waals surface area contributed by atoms with Crippen molar-refractivity contribution < 1.29 is 22.7 Å². The molecule has 0 atom stereocenters. The lowest BCUT2D eigenvalue weighted by Gasteiger charge is -2.09. The third-order valence-electron chi connectivity index (χ3n) is 2.98. The number of ether oxygens (including phenoxy) is 1. The van der Waals surface area contributed by atoms with E-state index < -0.39 is 12.6 Å². The van der Waals surface area contributed by atoms with E-state index in [2.05, 4.69) is 15.4 Å². The van der Waals surface area contributed by atoms with Crippen LogP contribution in [0.1, 0.15) is 5.56 Å². The Morgan fingerprint density at radius 2 is 1.78 bits per heavy atom. The molecule has 0 aliphatic carbocycles. The number of carbonyl (C=O) groups excluding carboxylic acids is 1. The molecule has 0 fully saturated rings. The highest BCUT2D eigenvalue weighted by Gasteiger charge is 2.06. The van der Waals surface area contributed by atoms with Gasteiger partial charge in [0.1, 0.15) is 11.6 Å². The topological polar surface area (TPSA) is 50.4 Å². The molecule has 7 heteroatoms. The number of amides is 2. The normalized spacial score (nSPS) is 10.4. The standard InChI is InChI=1S/C16H15F3N2O2/c17-14-4-2-1-3-11(14)9-10-20-16(22)21-12-5-7-13(8-6-12)23-15(18)19/h1-8,15H,9-10H2,(H2,20,21,22). The van der Waals surface area contributed by atoms with Gasteiger partial charge in [-0.25, -0.2) is 9.18 Å². The Morgan fingerprint density at radius 1 is 1.09 bits per heavy atom. The molecule has 0 aliphatic rings. The monoisotopic (exact) mass is 324 g/mol. The van der Waals surface area contributed by atoms with Crippen LogP contribution in [-0.2, 0) is 6.42 Å². The predicted octanol–water partition coefficient (Wildman–Crippen LogP) is 3.79. The first-order valence-corrected chi connectivity index (χ1v) is 6.88. The molecular formula is C16H15F3N2O2. The first-order valence-electron chi connectivity index (χ1n) is 6.88. The van der Waals surface area contributed by atoms with Crippen molar-refractivity contribution in [2.45, 2.75) is 13.0 Å². The van der Waals surface area contributed by atoms with E-state index in [0.29, 0.717) is 17.7 Å². The van der Waals surface area contributed by atoms with Gasteiger partial charge in [-0.1, -0.05) is 18.2 Å². The summed E-state index contributed by atoms with van der Waals surface area (Å²) in [5.74, 6) is -0.310. The molecule has 0 unspecified atom stereocenters. The van der Waals surface area contributed by atoms with Gasteiger partial charge in [-0.15, -0.1) is 0 Å². The molecule has 2 N–H and O–H groups in total. The summed E-state index contributed by atoms with van der Waals surface area (Å²) in [6.45, 7) is -2.63. The minimum atomic E-state index is -2.89. The van der Waals surface area contributed by atoms with Crippen molar-refractivity contribution in [2.24, 2.45) is 0 Å². The molecule has 2 amide bonds. The van der Waals surface area contributed by atoms with Crippen molar-refractivity contribution >= 4 is 11.7 Å². The number of nitrogens with one attached hydrogen (secondary N) is 2. The number of carbonyl (C=O) groups is 1. The van der Waals surface area contributed by atoms with Crippen LogP contribution in [-0.4, -0.2) is 19.2 Å². The van der Waals surface area contributed by atoms with Crippen molar-refractivity contribution in [3.05, 3.63) is 59.9 Å². The Kier molecular flexibility index (Phi) is 5.85. The van der Waals surface area contributed by atoms with Gasteiger partial charge >= 0.3 is 12.6 Å². The van der Waals surface area contributed by atoms with Gasteiger partial charge in [0.15, 0.2) is 0 Å². The molecule has 0 aliphatic heterocycles. The van der Waals surface area contributed by atoms with Crippen molar-refractivity contribution in [1.82, 2.24) is 5.32 Å². The van der Waals surface area contributed by atoms with E-state index in [1.54, 1.807) is 18.2 Å². The Bertz CT molecular complexity index is 648. The summed E-state index contributed by atoms with van der Waals surface area (Å²) < 4.78 is 41.6. The van der Waals surface area contributed by atoms with Gasteiger partial charge in [-0.2, -0.15) is 8.78 Å². The van der Waals surface area contributed by atoms with Crippen LogP contribution in [0.25, 0.3) is 0 Å². The van der Waals surface area contributed by atoms with Crippen LogP contribution in [0.5, 0.6) is 5.75 Å². The summed E-state index contributed by atoms with van der Waals surface area (Å²) in [6, 6.07) is 11.4. The molecule has 2 rings (SSSR count). The summed E-state index contributed by atoms with van der Waals surface area (Å²) in [4.78, 5) is 11.7. The SMILES string of the molecule is O=C(NCCc1ccccc1F)Nc1ccc(OC(F)F)cc1. The van der Waals surface area contributed by atoms with Crippen LogP contribution in [0.4, 0.5) is 23.7 Å². The first-order chi connectivity index (χ1) is 11.0. The number of halogens is 3. The van der Waals surface area contributed by atoms with Gasteiger partial charge in [0.2, 0.25) is 0 Å². The first kappa shape index (κ1) is 16.7. The zero-order chi connectivity index (χ0) is 16.7. The Balaban J connectivity index is 1.77. The molecule has 0 saturated heterocycles. The van der Waals surface area contributed by atoms with Gasteiger partial charge in [0.25, 0.3) is 0 Å². The maximum absolute atomic E-state index is 13.4. The molecule has 0 aromatic heterocycles. The van der Waals surface area contributed by atoms with E-state index in [-0.39, 0.29) is 18.1 Å². The number of rotatable bonds is 6. The van der Waals surface area contributed by atoms with Gasteiger partial charge in [0, 0.05) is 12.2 Å². The summed E-state index contributed by atoms with van der Waals surface area (Å²) in [6.07, 6.45) is 0.362. The van der Waals surface area contributed by atoms with Crippen LogP contribution < -0.4 is 15.4 Å². The summed E-state index contributed by atoms with van der Waals surface area (Å²) in [7, 11) is 0. The lowest BCUT2D eigenvalue weighted by molar-refractivity contribution is -0.0498. The van der Waals surface area contributed by atoms with E-state index in [1.807, 2.05) is 0 Å². The van der Waals surface area contributed by atoms with Crippen molar-refractivity contribution in [1.29, 1.82) is 0 Å². The molecule has 2 aromatic rings. The van der Waals surface area contributed by atoms with E-state index in [0.717, 1.165) is 0 Å². The second kappa shape index (κ2) is 8.07. The second-order valence-electron chi connectivity index (χ2n) is 4.63. The molecule has 0 heterocycles. The highest BCUT2D eigenvalue weighted by atomic mass is 19.3. The van der Waals surface area contributed by atoms with Gasteiger partial charge in [-0.05, 0) is 42.3 Å². The van der Waals surface area contributed by atoms with Crippen LogP contribution in [0.15, 0.2) is 48.5 Å². The second-order valence-corrected chi connectivity index (χ2v) is 4.63. The highest BCUT2D eigenvalue weighted by molar-refractivity contribution is 5.89. The largest absolute Gasteiger partial charge is 0.435 e. The highest BCUT2D eigenvalue weighted by Crippen LogP contribution is 2.17. The summed E-state index contributed by atoms with van der Waals surface area (Å²) in [5, 5.41) is 5.12. The van der Waals surface area contributed by atoms with E-state index in [4.69, 9.17) is 0 Å². The molecule has 0 radical (unpaired) electrons. The van der Waals surface area contributed by atoms with Crippen LogP contribution in [0.3, 0.4) is 0 Å². The van der Waals surface area contributed by atoms with E-state index in [9.17, 15) is 18.0 Å². The fourth-order valence-corrected chi connectivity index (χ4v) is 1.91. The maximum atomic E-state index is 13.4. The van der Waals surface area contributed by atoms with Crippen LogP contribution in [0.2, 0.25) is 0 Å². The molecule has 0 saturated carbocycles. The summed E-state index contributed by atoms with van der Waals surface area (Å²) >= 11 is 0. The quantitative estimate of drug-likeness (QED) is 0.849. The van der Waals surface area contributed by atoms with Gasteiger partial charge in [0.05, 0.1) is 0 Å². The van der Waals surface area contributed by atoms with E-state index in [1.165, 1.54) is 30.3 Å². The van der Waals surface area contributed by atoms with Crippen molar-refractivity contribution in [2.75, 3.05) is 11.9 Å². The lowest BCUT2D eigenvalue weighted by Crippen LogP contribution is -2.30. The van der Waals surface area contributed by atoms with Crippen molar-refractivity contribution in [3.8, 4) is 5.75 Å². The third-order valence-corrected chi connectivity index (χ3v) is 2.98. The van der Waals surface area contributed by atoms with E-state index >= 15 is 0 Å². The minimum absolute atomic E-state index is 0.00510. The molecule has 23 heavy (non-hydrogen) atoms. The van der Waals surface area contributed by atoms with Gasteiger partial charge in [-0.3, -0.25) is 0 Å².